The lowest BCUT2D eigenvalue weighted by Gasteiger charge is -2.11. The van der Waals surface area contributed by atoms with Crippen LogP contribution in [0.25, 0.3) is 32.6 Å². The Balaban J connectivity index is 2.28. The summed E-state index contributed by atoms with van der Waals surface area (Å²) in [6, 6.07) is 17.3. The fraction of sp³-hybridized carbons (Fsp3) is 0.150. The molecule has 0 radical (unpaired) electrons. The molecule has 0 N–H and O–H groups in total. The quantitative estimate of drug-likeness (QED) is 0.305. The lowest BCUT2D eigenvalue weighted by molar-refractivity contribution is 1.34. The number of rotatable bonds is 0. The summed E-state index contributed by atoms with van der Waals surface area (Å²) >= 11 is 0. The SMILES string of the molecule is Cc1cc2nc3ccc4ccccc4c3c(C)c2cc1C. The van der Waals surface area contributed by atoms with Crippen LogP contribution in [0.1, 0.15) is 16.7 Å². The lowest BCUT2D eigenvalue weighted by Crippen LogP contribution is -1.91. The Hall–Kier alpha value is -2.41. The fourth-order valence-electron chi connectivity index (χ4n) is 3.21. The van der Waals surface area contributed by atoms with Crippen molar-refractivity contribution in [3.63, 3.8) is 0 Å². The number of benzene rings is 3. The number of aryl methyl sites for hydroxylation is 3. The van der Waals surface area contributed by atoms with Gasteiger partial charge in [0.2, 0.25) is 0 Å². The van der Waals surface area contributed by atoms with Crippen molar-refractivity contribution < 1.29 is 0 Å². The number of aromatic nitrogens is 1. The summed E-state index contributed by atoms with van der Waals surface area (Å²) < 4.78 is 0. The molecule has 0 spiro atoms. The predicted molar refractivity (Wildman–Crippen MR) is 91.0 cm³/mol. The van der Waals surface area contributed by atoms with Gasteiger partial charge in [0.05, 0.1) is 11.0 Å². The van der Waals surface area contributed by atoms with Gasteiger partial charge in [0.1, 0.15) is 0 Å². The molecule has 1 aromatic heterocycles. The van der Waals surface area contributed by atoms with E-state index in [1.165, 1.54) is 38.2 Å². The molecule has 3 aromatic carbocycles. The van der Waals surface area contributed by atoms with Crippen molar-refractivity contribution in [2.45, 2.75) is 20.8 Å². The molecule has 0 atom stereocenters. The maximum absolute atomic E-state index is 4.89. The second kappa shape index (κ2) is 4.29. The van der Waals surface area contributed by atoms with Gasteiger partial charge in [-0.2, -0.15) is 0 Å². The Morgan fingerprint density at radius 2 is 1.48 bits per heavy atom. The molecule has 0 saturated heterocycles. The van der Waals surface area contributed by atoms with Crippen LogP contribution in [0.3, 0.4) is 0 Å². The van der Waals surface area contributed by atoms with E-state index in [4.69, 9.17) is 4.98 Å². The monoisotopic (exact) mass is 271 g/mol. The van der Waals surface area contributed by atoms with Crippen LogP contribution >= 0.6 is 0 Å². The molecule has 0 aliphatic heterocycles. The first-order valence-electron chi connectivity index (χ1n) is 7.34. The van der Waals surface area contributed by atoms with Crippen molar-refractivity contribution in [2.75, 3.05) is 0 Å². The molecule has 21 heavy (non-hydrogen) atoms. The van der Waals surface area contributed by atoms with Crippen LogP contribution in [0, 0.1) is 20.8 Å². The zero-order valence-electron chi connectivity index (χ0n) is 12.6. The van der Waals surface area contributed by atoms with E-state index >= 15 is 0 Å². The molecule has 4 aromatic rings. The van der Waals surface area contributed by atoms with Gasteiger partial charge in [-0.15, -0.1) is 0 Å². The topological polar surface area (TPSA) is 12.9 Å². The largest absolute Gasteiger partial charge is 0.248 e. The highest BCUT2D eigenvalue weighted by molar-refractivity contribution is 6.12. The van der Waals surface area contributed by atoms with Gasteiger partial charge in [0.15, 0.2) is 0 Å². The molecular weight excluding hydrogens is 254 g/mol. The number of pyridine rings is 1. The van der Waals surface area contributed by atoms with Crippen molar-refractivity contribution in [1.82, 2.24) is 4.98 Å². The normalized spacial score (nSPS) is 11.6. The van der Waals surface area contributed by atoms with Gasteiger partial charge in [-0.3, -0.25) is 0 Å². The van der Waals surface area contributed by atoms with Crippen LogP contribution in [0.15, 0.2) is 48.5 Å². The minimum Gasteiger partial charge on any atom is -0.248 e. The Morgan fingerprint density at radius 3 is 2.33 bits per heavy atom. The average Bonchev–Trinajstić information content (AvgIpc) is 2.49. The third-order valence-electron chi connectivity index (χ3n) is 4.54. The first-order chi connectivity index (χ1) is 10.1. The summed E-state index contributed by atoms with van der Waals surface area (Å²) in [6.45, 7) is 6.53. The van der Waals surface area contributed by atoms with E-state index in [-0.39, 0.29) is 0 Å². The maximum atomic E-state index is 4.89. The standard InChI is InChI=1S/C20H17N/c1-12-10-17-14(3)20-16-7-5-4-6-15(16)8-9-18(20)21-19(17)11-13(12)2/h4-11H,1-3H3. The predicted octanol–water partition coefficient (Wildman–Crippen LogP) is 5.47. The molecule has 1 heterocycles. The molecule has 0 aliphatic carbocycles. The van der Waals surface area contributed by atoms with Gasteiger partial charge in [0, 0.05) is 10.8 Å². The van der Waals surface area contributed by atoms with Gasteiger partial charge in [-0.25, -0.2) is 4.98 Å². The summed E-state index contributed by atoms with van der Waals surface area (Å²) in [4.78, 5) is 4.89. The van der Waals surface area contributed by atoms with Gasteiger partial charge >= 0.3 is 0 Å². The van der Waals surface area contributed by atoms with Gasteiger partial charge in [-0.05, 0) is 66.4 Å². The molecule has 0 bridgehead atoms. The van der Waals surface area contributed by atoms with Crippen LogP contribution in [0.4, 0.5) is 0 Å². The van der Waals surface area contributed by atoms with Gasteiger partial charge < -0.3 is 0 Å². The second-order valence-corrected chi connectivity index (χ2v) is 5.87. The van der Waals surface area contributed by atoms with Crippen molar-refractivity contribution in [3.05, 3.63) is 65.2 Å². The summed E-state index contributed by atoms with van der Waals surface area (Å²) in [5.74, 6) is 0. The van der Waals surface area contributed by atoms with Gasteiger partial charge in [0.25, 0.3) is 0 Å². The molecule has 0 unspecified atom stereocenters. The van der Waals surface area contributed by atoms with E-state index in [9.17, 15) is 0 Å². The molecule has 0 amide bonds. The maximum Gasteiger partial charge on any atom is 0.0718 e. The number of fused-ring (bicyclic) bond motifs is 4. The molecule has 102 valence electrons. The van der Waals surface area contributed by atoms with Crippen molar-refractivity contribution in [1.29, 1.82) is 0 Å². The third kappa shape index (κ3) is 1.74. The highest BCUT2D eigenvalue weighted by Gasteiger charge is 2.09. The Kier molecular flexibility index (Phi) is 2.52. The molecule has 0 fully saturated rings. The number of hydrogen-bond acceptors (Lipinski definition) is 1. The summed E-state index contributed by atoms with van der Waals surface area (Å²) in [6.07, 6.45) is 0. The van der Waals surface area contributed by atoms with E-state index < -0.39 is 0 Å². The van der Waals surface area contributed by atoms with E-state index in [1.807, 2.05) is 0 Å². The molecule has 4 rings (SSSR count). The van der Waals surface area contributed by atoms with E-state index in [0.717, 1.165) is 11.0 Å². The average molecular weight is 271 g/mol. The Morgan fingerprint density at radius 1 is 0.714 bits per heavy atom. The van der Waals surface area contributed by atoms with E-state index in [0.29, 0.717) is 0 Å². The fourth-order valence-corrected chi connectivity index (χ4v) is 3.21. The van der Waals surface area contributed by atoms with Gasteiger partial charge in [-0.1, -0.05) is 30.3 Å². The van der Waals surface area contributed by atoms with Crippen molar-refractivity contribution in [3.8, 4) is 0 Å². The highest BCUT2D eigenvalue weighted by Crippen LogP contribution is 2.32. The molecule has 0 saturated carbocycles. The minimum absolute atomic E-state index is 1.09. The minimum atomic E-state index is 1.09. The molecule has 1 nitrogen and oxygen atoms in total. The molecular formula is C20H17N. The van der Waals surface area contributed by atoms with Crippen LogP contribution < -0.4 is 0 Å². The number of hydrogen-bond donors (Lipinski definition) is 0. The van der Waals surface area contributed by atoms with Crippen molar-refractivity contribution in [2.24, 2.45) is 0 Å². The van der Waals surface area contributed by atoms with Crippen LogP contribution in [-0.2, 0) is 0 Å². The first-order valence-corrected chi connectivity index (χ1v) is 7.34. The molecule has 0 aliphatic rings. The summed E-state index contributed by atoms with van der Waals surface area (Å²) in [7, 11) is 0. The first kappa shape index (κ1) is 12.3. The lowest BCUT2D eigenvalue weighted by atomic mass is 9.96. The Bertz CT molecular complexity index is 1010. The number of nitrogens with zero attached hydrogens (tertiary/aromatic N) is 1. The molecule has 1 heteroatoms. The third-order valence-corrected chi connectivity index (χ3v) is 4.54. The van der Waals surface area contributed by atoms with E-state index in [1.54, 1.807) is 0 Å². The zero-order chi connectivity index (χ0) is 14.6. The second-order valence-electron chi connectivity index (χ2n) is 5.87. The van der Waals surface area contributed by atoms with Crippen molar-refractivity contribution >= 4 is 32.6 Å². The zero-order valence-corrected chi connectivity index (χ0v) is 12.6. The highest BCUT2D eigenvalue weighted by atomic mass is 14.7. The van der Waals surface area contributed by atoms with E-state index in [2.05, 4.69) is 69.3 Å². The smallest absolute Gasteiger partial charge is 0.0718 e. The summed E-state index contributed by atoms with van der Waals surface area (Å²) in [5, 5.41) is 5.11. The summed E-state index contributed by atoms with van der Waals surface area (Å²) in [5.41, 5.74) is 6.14. The van der Waals surface area contributed by atoms with Crippen LogP contribution in [0.2, 0.25) is 0 Å². The Labute approximate surface area is 124 Å². The van der Waals surface area contributed by atoms with Crippen LogP contribution in [-0.4, -0.2) is 4.98 Å². The van der Waals surface area contributed by atoms with Crippen LogP contribution in [0.5, 0.6) is 0 Å².